The van der Waals surface area contributed by atoms with E-state index in [1.807, 2.05) is 0 Å². The van der Waals surface area contributed by atoms with Crippen LogP contribution < -0.4 is 22.9 Å². The molecule has 0 aliphatic rings. The molecular formula is C8H16N4NiO6. The van der Waals surface area contributed by atoms with E-state index in [0.717, 1.165) is 0 Å². The van der Waals surface area contributed by atoms with Crippen LogP contribution in [0.1, 0.15) is 12.8 Å². The standard InChI is InChI=1S/2C4H8N2O3.Ni/c2*5-2(4(8)9)1-3(6)7;/h2*2H,1,5H2,(H2,6,7)(H,8,9);. The molecule has 0 fully saturated rings. The van der Waals surface area contributed by atoms with Crippen molar-refractivity contribution in [2.24, 2.45) is 22.9 Å². The summed E-state index contributed by atoms with van der Waals surface area (Å²) in [7, 11) is 0. The zero-order valence-electron chi connectivity index (χ0n) is 9.72. The number of amides is 2. The molecule has 11 heteroatoms. The quantitative estimate of drug-likeness (QED) is 0.269. The van der Waals surface area contributed by atoms with Gasteiger partial charge in [0, 0.05) is 16.5 Å². The van der Waals surface area contributed by atoms with E-state index in [-0.39, 0.29) is 29.3 Å². The van der Waals surface area contributed by atoms with Gasteiger partial charge in [-0.15, -0.1) is 0 Å². The summed E-state index contributed by atoms with van der Waals surface area (Å²) in [5.41, 5.74) is 19.1. The summed E-state index contributed by atoms with van der Waals surface area (Å²) in [4.78, 5) is 39.8. The van der Waals surface area contributed by atoms with Crippen LogP contribution in [0.25, 0.3) is 0 Å². The molecule has 0 aliphatic carbocycles. The van der Waals surface area contributed by atoms with E-state index in [0.29, 0.717) is 0 Å². The van der Waals surface area contributed by atoms with Crippen molar-refractivity contribution in [2.45, 2.75) is 24.9 Å². The Bertz CT molecular complexity index is 305. The Kier molecular flexibility index (Phi) is 13.5. The normalized spacial score (nSPS) is 11.9. The van der Waals surface area contributed by atoms with Crippen LogP contribution in [-0.2, 0) is 35.7 Å². The molecular weight excluding hydrogens is 307 g/mol. The first kappa shape index (κ1) is 22.5. The maximum atomic E-state index is 9.99. The first-order valence-electron chi connectivity index (χ1n) is 4.61. The third kappa shape index (κ3) is 16.3. The van der Waals surface area contributed by atoms with Crippen molar-refractivity contribution in [3.8, 4) is 0 Å². The molecule has 19 heavy (non-hydrogen) atoms. The number of primary amides is 2. The number of nitrogens with two attached hydrogens (primary N) is 4. The second-order valence-corrected chi connectivity index (χ2v) is 3.23. The molecule has 0 bridgehead atoms. The minimum atomic E-state index is -1.21. The van der Waals surface area contributed by atoms with Crippen molar-refractivity contribution in [3.05, 3.63) is 0 Å². The predicted octanol–water partition coefficient (Wildman–Crippen LogP) is -3.46. The Morgan fingerprint density at radius 1 is 0.789 bits per heavy atom. The predicted molar refractivity (Wildman–Crippen MR) is 58.8 cm³/mol. The number of carboxylic acids is 2. The second-order valence-electron chi connectivity index (χ2n) is 3.23. The number of hydrogen-bond acceptors (Lipinski definition) is 6. The van der Waals surface area contributed by atoms with Crippen LogP contribution in [-0.4, -0.2) is 46.0 Å². The van der Waals surface area contributed by atoms with Crippen LogP contribution in [0.15, 0.2) is 0 Å². The maximum Gasteiger partial charge on any atom is 0.321 e. The minimum absolute atomic E-state index is 0. The molecule has 10 N–H and O–H groups in total. The number of carboxylic acid groups (broad SMARTS) is 2. The molecule has 0 spiro atoms. The zero-order valence-corrected chi connectivity index (χ0v) is 10.7. The Balaban J connectivity index is -0.000000256. The Hall–Kier alpha value is -1.71. The number of carbonyl (C=O) groups excluding carboxylic acids is 2. The largest absolute Gasteiger partial charge is 0.480 e. The molecule has 0 aliphatic heterocycles. The average Bonchev–Trinajstić information content (AvgIpc) is 2.16. The van der Waals surface area contributed by atoms with Crippen molar-refractivity contribution < 1.29 is 45.9 Å². The van der Waals surface area contributed by atoms with Crippen molar-refractivity contribution in [1.29, 1.82) is 0 Å². The first-order valence-corrected chi connectivity index (χ1v) is 4.61. The fraction of sp³-hybridized carbons (Fsp3) is 0.500. The van der Waals surface area contributed by atoms with Crippen LogP contribution in [0.5, 0.6) is 0 Å². The van der Waals surface area contributed by atoms with Gasteiger partial charge < -0.3 is 33.1 Å². The number of hydrogen-bond donors (Lipinski definition) is 6. The van der Waals surface area contributed by atoms with Gasteiger partial charge >= 0.3 is 11.9 Å². The van der Waals surface area contributed by atoms with Crippen LogP contribution in [0, 0.1) is 0 Å². The Morgan fingerprint density at radius 2 is 1.00 bits per heavy atom. The molecule has 0 saturated heterocycles. The molecule has 0 saturated carbocycles. The number of rotatable bonds is 6. The van der Waals surface area contributed by atoms with Gasteiger partial charge in [0.05, 0.1) is 12.8 Å². The van der Waals surface area contributed by atoms with Gasteiger partial charge in [-0.25, -0.2) is 0 Å². The Labute approximate surface area is 118 Å². The fourth-order valence-corrected chi connectivity index (χ4v) is 0.608. The third-order valence-corrected chi connectivity index (χ3v) is 1.48. The van der Waals surface area contributed by atoms with Crippen molar-refractivity contribution in [3.63, 3.8) is 0 Å². The van der Waals surface area contributed by atoms with Gasteiger partial charge in [-0.2, -0.15) is 0 Å². The van der Waals surface area contributed by atoms with Gasteiger partial charge in [0.25, 0.3) is 0 Å². The maximum absolute atomic E-state index is 9.99. The molecule has 2 unspecified atom stereocenters. The monoisotopic (exact) mass is 322 g/mol. The van der Waals surface area contributed by atoms with Gasteiger partial charge in [-0.3, -0.25) is 19.2 Å². The summed E-state index contributed by atoms with van der Waals surface area (Å²) < 4.78 is 0. The van der Waals surface area contributed by atoms with E-state index in [1.54, 1.807) is 0 Å². The van der Waals surface area contributed by atoms with E-state index < -0.39 is 35.8 Å². The summed E-state index contributed by atoms with van der Waals surface area (Å²) in [6, 6.07) is -2.33. The van der Waals surface area contributed by atoms with E-state index >= 15 is 0 Å². The van der Waals surface area contributed by atoms with E-state index in [2.05, 4.69) is 11.5 Å². The second kappa shape index (κ2) is 11.4. The molecule has 0 rings (SSSR count). The molecule has 0 aromatic carbocycles. The number of carbonyl (C=O) groups is 4. The van der Waals surface area contributed by atoms with Crippen molar-refractivity contribution >= 4 is 23.8 Å². The van der Waals surface area contributed by atoms with E-state index in [1.165, 1.54) is 0 Å². The number of aliphatic carboxylic acids is 2. The SMILES string of the molecule is NC(=O)CC(N)C(=O)O.NC(=O)CC(N)C(=O)O.[Ni]. The molecule has 114 valence electrons. The molecule has 0 aromatic rings. The topological polar surface area (TPSA) is 213 Å². The zero-order chi connectivity index (χ0) is 14.9. The van der Waals surface area contributed by atoms with Gasteiger partial charge in [-0.1, -0.05) is 0 Å². The molecule has 0 radical (unpaired) electrons. The van der Waals surface area contributed by atoms with Crippen molar-refractivity contribution in [2.75, 3.05) is 0 Å². The van der Waals surface area contributed by atoms with E-state index in [4.69, 9.17) is 21.7 Å². The molecule has 2 amide bonds. The van der Waals surface area contributed by atoms with Crippen molar-refractivity contribution in [1.82, 2.24) is 0 Å². The van der Waals surface area contributed by atoms with Gasteiger partial charge in [0.2, 0.25) is 11.8 Å². The molecule has 0 heterocycles. The van der Waals surface area contributed by atoms with Gasteiger partial charge in [0.1, 0.15) is 12.1 Å². The van der Waals surface area contributed by atoms with Crippen LogP contribution in [0.3, 0.4) is 0 Å². The van der Waals surface area contributed by atoms with Gasteiger partial charge in [-0.05, 0) is 0 Å². The van der Waals surface area contributed by atoms with Crippen LogP contribution >= 0.6 is 0 Å². The summed E-state index contributed by atoms with van der Waals surface area (Å²) in [6.07, 6.45) is -0.620. The summed E-state index contributed by atoms with van der Waals surface area (Å²) in [5, 5.41) is 16.2. The van der Waals surface area contributed by atoms with Gasteiger partial charge in [0.15, 0.2) is 0 Å². The summed E-state index contributed by atoms with van der Waals surface area (Å²) in [6.45, 7) is 0. The first-order chi connectivity index (χ1) is 8.07. The molecule has 10 nitrogen and oxygen atoms in total. The third-order valence-electron chi connectivity index (χ3n) is 1.48. The molecule has 0 aromatic heterocycles. The van der Waals surface area contributed by atoms with Crippen LogP contribution in [0.2, 0.25) is 0 Å². The summed E-state index contributed by atoms with van der Waals surface area (Å²) in [5.74, 6) is -3.84. The van der Waals surface area contributed by atoms with Crippen LogP contribution in [0.4, 0.5) is 0 Å². The van der Waals surface area contributed by atoms with E-state index in [9.17, 15) is 19.2 Å². The average molecular weight is 323 g/mol. The summed E-state index contributed by atoms with van der Waals surface area (Å²) >= 11 is 0. The minimum Gasteiger partial charge on any atom is -0.480 e. The fourth-order valence-electron chi connectivity index (χ4n) is 0.608. The smallest absolute Gasteiger partial charge is 0.321 e. The molecule has 2 atom stereocenters. The Morgan fingerprint density at radius 3 is 1.05 bits per heavy atom.